The molecule has 2 aliphatic rings. The number of hydrogen-bond acceptors (Lipinski definition) is 7. The Balaban J connectivity index is 1.67. The summed E-state index contributed by atoms with van der Waals surface area (Å²) in [5, 5.41) is 14.7. The summed E-state index contributed by atoms with van der Waals surface area (Å²) in [6, 6.07) is 11.5. The average molecular weight is 482 g/mol. The number of nitrogens with zero attached hydrogens (tertiary/aromatic N) is 1. The van der Waals surface area contributed by atoms with E-state index < -0.39 is 22.2 Å². The van der Waals surface area contributed by atoms with Crippen LogP contribution in [-0.2, 0) is 10.0 Å². The van der Waals surface area contributed by atoms with Crippen LogP contribution in [0.25, 0.3) is 0 Å². The van der Waals surface area contributed by atoms with Crippen LogP contribution in [-0.4, -0.2) is 38.9 Å². The second-order valence-electron chi connectivity index (χ2n) is 7.91. The molecule has 1 amide bonds. The summed E-state index contributed by atoms with van der Waals surface area (Å²) in [5.41, 5.74) is 1.29. The summed E-state index contributed by atoms with van der Waals surface area (Å²) in [6.07, 6.45) is 8.72. The molecule has 34 heavy (non-hydrogen) atoms. The third kappa shape index (κ3) is 5.53. The molecule has 4 rings (SSSR count). The van der Waals surface area contributed by atoms with Crippen LogP contribution in [0.2, 0.25) is 0 Å². The standard InChI is InChI=1S/C24H27N5O4S/c1-2-3-13-26-20-14-16(23(30)29-24-27-18-11-7-8-12-19(18)28-24)15-21(34(25,31)32)22(20)33-17-9-5-4-6-10-17/h4-12,14-15,18,24,26-27H,2-3,13H2,1H3,(H,29,30)(H2,25,31,32). The van der Waals surface area contributed by atoms with Crippen molar-refractivity contribution in [3.63, 3.8) is 0 Å². The summed E-state index contributed by atoms with van der Waals surface area (Å²) >= 11 is 0. The number of carbonyl (C=O) groups excluding carboxylic acids is 1. The van der Waals surface area contributed by atoms with Crippen LogP contribution in [0.1, 0.15) is 30.1 Å². The van der Waals surface area contributed by atoms with Crippen molar-refractivity contribution in [1.29, 1.82) is 0 Å². The van der Waals surface area contributed by atoms with E-state index in [2.05, 4.69) is 20.9 Å². The van der Waals surface area contributed by atoms with E-state index in [0.29, 0.717) is 18.0 Å². The highest BCUT2D eigenvalue weighted by molar-refractivity contribution is 7.89. The number of sulfonamides is 1. The maximum absolute atomic E-state index is 13.1. The van der Waals surface area contributed by atoms with Crippen molar-refractivity contribution >= 4 is 27.3 Å². The first kappa shape index (κ1) is 23.7. The molecule has 5 N–H and O–H groups in total. The van der Waals surface area contributed by atoms with Gasteiger partial charge in [-0.15, -0.1) is 0 Å². The fourth-order valence-corrected chi connectivity index (χ4v) is 4.32. The van der Waals surface area contributed by atoms with E-state index >= 15 is 0 Å². The Morgan fingerprint density at radius 2 is 2.00 bits per heavy atom. The van der Waals surface area contributed by atoms with Crippen molar-refractivity contribution in [2.75, 3.05) is 11.9 Å². The molecule has 1 heterocycles. The van der Waals surface area contributed by atoms with Crippen LogP contribution in [0, 0.1) is 0 Å². The Morgan fingerprint density at radius 3 is 2.71 bits per heavy atom. The predicted octanol–water partition coefficient (Wildman–Crippen LogP) is 2.89. The summed E-state index contributed by atoms with van der Waals surface area (Å²) in [4.78, 5) is 17.2. The minimum Gasteiger partial charge on any atom is -0.454 e. The van der Waals surface area contributed by atoms with Crippen LogP contribution in [0.3, 0.4) is 0 Å². The topological polar surface area (TPSA) is 135 Å². The number of para-hydroxylation sites is 1. The highest BCUT2D eigenvalue weighted by atomic mass is 32.2. The molecule has 9 nitrogen and oxygen atoms in total. The highest BCUT2D eigenvalue weighted by Crippen LogP contribution is 2.37. The largest absolute Gasteiger partial charge is 0.454 e. The third-order valence-corrected chi connectivity index (χ3v) is 6.23. The Hall–Kier alpha value is -3.47. The zero-order valence-electron chi connectivity index (χ0n) is 18.7. The first-order valence-corrected chi connectivity index (χ1v) is 12.6. The van der Waals surface area contributed by atoms with E-state index in [9.17, 15) is 13.2 Å². The lowest BCUT2D eigenvalue weighted by Crippen LogP contribution is -2.44. The fourth-order valence-electron chi connectivity index (χ4n) is 3.62. The normalized spacial score (nSPS) is 18.8. The van der Waals surface area contributed by atoms with E-state index in [1.807, 2.05) is 37.3 Å². The van der Waals surface area contributed by atoms with Gasteiger partial charge in [0.15, 0.2) is 12.0 Å². The van der Waals surface area contributed by atoms with Gasteiger partial charge in [0, 0.05) is 12.1 Å². The molecular formula is C24H27N5O4S. The van der Waals surface area contributed by atoms with Crippen LogP contribution in [0.5, 0.6) is 11.5 Å². The summed E-state index contributed by atoms with van der Waals surface area (Å²) in [7, 11) is -4.21. The van der Waals surface area contributed by atoms with Gasteiger partial charge in [0.05, 0.1) is 17.4 Å². The number of nitrogens with two attached hydrogens (primary N) is 1. The zero-order valence-corrected chi connectivity index (χ0v) is 19.5. The number of fused-ring (bicyclic) bond motifs is 1. The summed E-state index contributed by atoms with van der Waals surface area (Å²) in [5.74, 6) is -0.0112. The Bertz CT molecular complexity index is 1260. The van der Waals surface area contributed by atoms with Crippen molar-refractivity contribution in [3.8, 4) is 11.5 Å². The number of primary sulfonamides is 1. The SMILES string of the molecule is CCCCNc1cc(C(=O)NC2N=C3C=CC=CC3N2)cc(S(N)(=O)=O)c1Oc1ccccc1. The minimum atomic E-state index is -4.21. The average Bonchev–Trinajstić information content (AvgIpc) is 3.22. The number of nitrogens with one attached hydrogen (secondary N) is 3. The molecule has 2 aromatic carbocycles. The highest BCUT2D eigenvalue weighted by Gasteiger charge is 2.28. The molecule has 10 heteroatoms. The smallest absolute Gasteiger partial charge is 0.254 e. The number of ether oxygens (including phenoxy) is 1. The molecule has 0 aromatic heterocycles. The second kappa shape index (κ2) is 10.2. The predicted molar refractivity (Wildman–Crippen MR) is 132 cm³/mol. The van der Waals surface area contributed by atoms with E-state index in [4.69, 9.17) is 9.88 Å². The minimum absolute atomic E-state index is 0.0434. The molecule has 1 aliphatic carbocycles. The van der Waals surface area contributed by atoms with Gasteiger partial charge in [0.25, 0.3) is 5.91 Å². The van der Waals surface area contributed by atoms with Gasteiger partial charge < -0.3 is 15.4 Å². The molecular weight excluding hydrogens is 454 g/mol. The van der Waals surface area contributed by atoms with Gasteiger partial charge in [-0.05, 0) is 36.8 Å². The van der Waals surface area contributed by atoms with E-state index in [-0.39, 0.29) is 22.3 Å². The first-order chi connectivity index (χ1) is 16.3. The van der Waals surface area contributed by atoms with Crippen molar-refractivity contribution in [2.45, 2.75) is 37.0 Å². The zero-order chi connectivity index (χ0) is 24.1. The molecule has 2 unspecified atom stereocenters. The quantitative estimate of drug-likeness (QED) is 0.407. The maximum atomic E-state index is 13.1. The van der Waals surface area contributed by atoms with E-state index in [0.717, 1.165) is 18.6 Å². The molecule has 1 aliphatic heterocycles. The number of rotatable bonds is 9. The second-order valence-corrected chi connectivity index (χ2v) is 9.44. The Morgan fingerprint density at radius 1 is 1.21 bits per heavy atom. The van der Waals surface area contributed by atoms with Crippen LogP contribution in [0.4, 0.5) is 5.69 Å². The van der Waals surface area contributed by atoms with Gasteiger partial charge in [-0.1, -0.05) is 49.8 Å². The Kier molecular flexibility index (Phi) is 7.11. The molecule has 0 saturated carbocycles. The number of amides is 1. The molecule has 178 valence electrons. The monoisotopic (exact) mass is 481 g/mol. The molecule has 0 bridgehead atoms. The van der Waals surface area contributed by atoms with Crippen molar-refractivity contribution < 1.29 is 17.9 Å². The third-order valence-electron chi connectivity index (χ3n) is 5.32. The van der Waals surface area contributed by atoms with Crippen LogP contribution < -0.4 is 25.8 Å². The Labute approximate surface area is 198 Å². The van der Waals surface area contributed by atoms with Crippen molar-refractivity contribution in [2.24, 2.45) is 10.1 Å². The van der Waals surface area contributed by atoms with Gasteiger partial charge in [-0.2, -0.15) is 0 Å². The lowest BCUT2D eigenvalue weighted by atomic mass is 10.1. The van der Waals surface area contributed by atoms with E-state index in [1.165, 1.54) is 6.07 Å². The molecule has 2 atom stereocenters. The van der Waals surface area contributed by atoms with Crippen LogP contribution in [0.15, 0.2) is 76.7 Å². The van der Waals surface area contributed by atoms with Gasteiger partial charge >= 0.3 is 0 Å². The van der Waals surface area contributed by atoms with Gasteiger partial charge in [0.1, 0.15) is 10.6 Å². The number of benzene rings is 2. The first-order valence-electron chi connectivity index (χ1n) is 11.0. The number of unbranched alkanes of at least 4 members (excludes halogenated alkanes) is 1. The van der Waals surface area contributed by atoms with Gasteiger partial charge in [-0.3, -0.25) is 10.1 Å². The van der Waals surface area contributed by atoms with Gasteiger partial charge in [0.2, 0.25) is 10.0 Å². The van der Waals surface area contributed by atoms with E-state index in [1.54, 1.807) is 30.3 Å². The van der Waals surface area contributed by atoms with Gasteiger partial charge in [-0.25, -0.2) is 18.5 Å². The number of anilines is 1. The molecule has 0 radical (unpaired) electrons. The fraction of sp³-hybridized carbons (Fsp3) is 0.250. The maximum Gasteiger partial charge on any atom is 0.254 e. The van der Waals surface area contributed by atoms with Crippen molar-refractivity contribution in [1.82, 2.24) is 10.6 Å². The number of hydrogen-bond donors (Lipinski definition) is 4. The molecule has 0 fully saturated rings. The lowest BCUT2D eigenvalue weighted by molar-refractivity contribution is 0.0933. The summed E-state index contributed by atoms with van der Waals surface area (Å²) < 4.78 is 30.9. The molecule has 0 saturated heterocycles. The number of carbonyl (C=O) groups is 1. The summed E-state index contributed by atoms with van der Waals surface area (Å²) in [6.45, 7) is 2.61. The van der Waals surface area contributed by atoms with Crippen molar-refractivity contribution in [3.05, 3.63) is 72.3 Å². The van der Waals surface area contributed by atoms with Crippen LogP contribution >= 0.6 is 0 Å². The molecule has 2 aromatic rings. The lowest BCUT2D eigenvalue weighted by Gasteiger charge is -2.19. The number of aliphatic imine (C=N–C) groups is 1. The molecule has 0 spiro atoms. The number of allylic oxidation sites excluding steroid dienone is 2.